The van der Waals surface area contributed by atoms with E-state index in [1.165, 1.54) is 25.3 Å². The first-order valence-corrected chi connectivity index (χ1v) is 5.43. The van der Waals surface area contributed by atoms with E-state index in [2.05, 4.69) is 4.74 Å². The van der Waals surface area contributed by atoms with E-state index in [4.69, 9.17) is 14.9 Å². The fraction of sp³-hybridized carbons (Fsp3) is 0.231. The van der Waals surface area contributed by atoms with Crippen molar-refractivity contribution in [3.63, 3.8) is 0 Å². The quantitative estimate of drug-likeness (QED) is 0.447. The van der Waals surface area contributed by atoms with Crippen LogP contribution in [0, 0.1) is 0 Å². The molecule has 0 heterocycles. The highest BCUT2D eigenvalue weighted by molar-refractivity contribution is 5.86. The summed E-state index contributed by atoms with van der Waals surface area (Å²) in [5.74, 6) is -1.17. The summed E-state index contributed by atoms with van der Waals surface area (Å²) in [5.41, 5.74) is 0.716. The number of aliphatic hydroxyl groups excluding tert-OH is 2. The normalized spacial score (nSPS) is 12.2. The molecule has 0 bridgehead atoms. The van der Waals surface area contributed by atoms with Crippen molar-refractivity contribution in [3.05, 3.63) is 35.9 Å². The molecule has 0 aliphatic rings. The zero-order valence-electron chi connectivity index (χ0n) is 10.3. The molecule has 0 aromatic heterocycles. The molecule has 6 nitrogen and oxygen atoms in total. The Balaban J connectivity index is 2.64. The third-order valence-corrected chi connectivity index (χ3v) is 2.16. The van der Waals surface area contributed by atoms with Gasteiger partial charge in [0, 0.05) is 6.08 Å². The van der Waals surface area contributed by atoms with Crippen LogP contribution in [0.4, 0.5) is 0 Å². The van der Waals surface area contributed by atoms with Gasteiger partial charge in [-0.1, -0.05) is 12.1 Å². The van der Waals surface area contributed by atoms with Crippen molar-refractivity contribution in [2.75, 3.05) is 13.7 Å². The number of rotatable bonds is 5. The van der Waals surface area contributed by atoms with Gasteiger partial charge in [0.2, 0.25) is 0 Å². The largest absolute Gasteiger partial charge is 0.466 e. The van der Waals surface area contributed by atoms with Gasteiger partial charge in [-0.2, -0.15) is 0 Å². The first-order valence-electron chi connectivity index (χ1n) is 5.43. The molecular formula is C13H14O6. The molecule has 6 heteroatoms. The fourth-order valence-electron chi connectivity index (χ4n) is 1.14. The third kappa shape index (κ3) is 4.90. The zero-order valence-corrected chi connectivity index (χ0v) is 10.3. The molecule has 0 amide bonds. The summed E-state index contributed by atoms with van der Waals surface area (Å²) >= 11 is 0. The molecule has 102 valence electrons. The lowest BCUT2D eigenvalue weighted by molar-refractivity contribution is -0.145. The Morgan fingerprint density at radius 1 is 1.32 bits per heavy atom. The second-order valence-corrected chi connectivity index (χ2v) is 3.54. The minimum Gasteiger partial charge on any atom is -0.466 e. The summed E-state index contributed by atoms with van der Waals surface area (Å²) in [4.78, 5) is 22.1. The van der Waals surface area contributed by atoms with E-state index in [1.807, 2.05) is 0 Å². The van der Waals surface area contributed by atoms with Gasteiger partial charge in [-0.25, -0.2) is 9.59 Å². The number of hydrogen-bond acceptors (Lipinski definition) is 6. The lowest BCUT2D eigenvalue weighted by Gasteiger charge is -2.07. The molecule has 0 aliphatic carbocycles. The second kappa shape index (κ2) is 7.30. The molecule has 0 fully saturated rings. The molecule has 0 spiro atoms. The predicted octanol–water partition coefficient (Wildman–Crippen LogP) is 0.131. The SMILES string of the molecule is COC(=O)C=Cc1ccc(OC(=O)C(O)CO)cc1. The molecular weight excluding hydrogens is 252 g/mol. The maximum absolute atomic E-state index is 11.2. The molecule has 1 aromatic carbocycles. The molecule has 1 unspecified atom stereocenters. The summed E-state index contributed by atoms with van der Waals surface area (Å²) in [6.45, 7) is -0.696. The van der Waals surface area contributed by atoms with Crippen LogP contribution in [-0.2, 0) is 14.3 Å². The first-order chi connectivity index (χ1) is 9.06. The Bertz CT molecular complexity index is 463. The minimum atomic E-state index is -1.56. The van der Waals surface area contributed by atoms with Crippen molar-refractivity contribution in [2.24, 2.45) is 0 Å². The number of carbonyl (C=O) groups excluding carboxylic acids is 2. The molecule has 19 heavy (non-hydrogen) atoms. The summed E-state index contributed by atoms with van der Waals surface area (Å²) in [5, 5.41) is 17.6. The summed E-state index contributed by atoms with van der Waals surface area (Å²) in [6, 6.07) is 6.23. The van der Waals surface area contributed by atoms with E-state index in [-0.39, 0.29) is 5.75 Å². The Labute approximate surface area is 109 Å². The first kappa shape index (κ1) is 14.9. The van der Waals surface area contributed by atoms with Crippen LogP contribution < -0.4 is 4.74 Å². The van der Waals surface area contributed by atoms with Crippen LogP contribution in [0.15, 0.2) is 30.3 Å². The number of hydrogen-bond donors (Lipinski definition) is 2. The third-order valence-electron chi connectivity index (χ3n) is 2.16. The van der Waals surface area contributed by atoms with Crippen molar-refractivity contribution in [2.45, 2.75) is 6.10 Å². The fourth-order valence-corrected chi connectivity index (χ4v) is 1.14. The lowest BCUT2D eigenvalue weighted by Crippen LogP contribution is -2.28. The Kier molecular flexibility index (Phi) is 5.72. The van der Waals surface area contributed by atoms with Gasteiger partial charge >= 0.3 is 11.9 Å². The molecule has 0 saturated heterocycles. The van der Waals surface area contributed by atoms with E-state index in [0.29, 0.717) is 5.56 Å². The number of aliphatic hydroxyl groups is 2. The van der Waals surface area contributed by atoms with Crippen LogP contribution in [0.3, 0.4) is 0 Å². The maximum atomic E-state index is 11.2. The number of methoxy groups -OCH3 is 1. The van der Waals surface area contributed by atoms with Gasteiger partial charge in [-0.3, -0.25) is 0 Å². The van der Waals surface area contributed by atoms with Crippen LogP contribution in [0.2, 0.25) is 0 Å². The molecule has 2 N–H and O–H groups in total. The summed E-state index contributed by atoms with van der Waals surface area (Å²) in [7, 11) is 1.28. The second-order valence-electron chi connectivity index (χ2n) is 3.54. The molecule has 1 rings (SSSR count). The van der Waals surface area contributed by atoms with Crippen LogP contribution in [0.25, 0.3) is 6.08 Å². The van der Waals surface area contributed by atoms with Crippen LogP contribution in [0.5, 0.6) is 5.75 Å². The molecule has 0 saturated carbocycles. The lowest BCUT2D eigenvalue weighted by atomic mass is 10.2. The van der Waals surface area contributed by atoms with Crippen LogP contribution in [-0.4, -0.2) is 42.0 Å². The Morgan fingerprint density at radius 3 is 2.47 bits per heavy atom. The summed E-state index contributed by atoms with van der Waals surface area (Å²) in [6.07, 6.45) is 1.25. The standard InChI is InChI=1S/C13H14O6/c1-18-12(16)7-4-9-2-5-10(6-3-9)19-13(17)11(15)8-14/h2-7,11,14-15H,8H2,1H3. The van der Waals surface area contributed by atoms with Crippen molar-refractivity contribution >= 4 is 18.0 Å². The van der Waals surface area contributed by atoms with Gasteiger partial charge in [-0.05, 0) is 23.8 Å². The molecule has 0 aliphatic heterocycles. The highest BCUT2D eigenvalue weighted by Crippen LogP contribution is 2.14. The smallest absolute Gasteiger partial charge is 0.342 e. The molecule has 1 aromatic rings. The van der Waals surface area contributed by atoms with Gasteiger partial charge in [0.15, 0.2) is 6.10 Å². The highest BCUT2D eigenvalue weighted by Gasteiger charge is 2.15. The van der Waals surface area contributed by atoms with Crippen LogP contribution in [0.1, 0.15) is 5.56 Å². The monoisotopic (exact) mass is 266 g/mol. The number of esters is 2. The maximum Gasteiger partial charge on any atom is 0.342 e. The van der Waals surface area contributed by atoms with E-state index in [0.717, 1.165) is 0 Å². The number of ether oxygens (including phenoxy) is 2. The van der Waals surface area contributed by atoms with Gasteiger partial charge in [0.25, 0.3) is 0 Å². The minimum absolute atomic E-state index is 0.229. The van der Waals surface area contributed by atoms with Crippen LogP contribution >= 0.6 is 0 Å². The Morgan fingerprint density at radius 2 is 1.95 bits per heavy atom. The van der Waals surface area contributed by atoms with Crippen molar-refractivity contribution < 1.29 is 29.3 Å². The average molecular weight is 266 g/mol. The van der Waals surface area contributed by atoms with Crippen molar-refractivity contribution in [1.29, 1.82) is 0 Å². The number of benzene rings is 1. The topological polar surface area (TPSA) is 93.1 Å². The van der Waals surface area contributed by atoms with E-state index >= 15 is 0 Å². The predicted molar refractivity (Wildman–Crippen MR) is 66.2 cm³/mol. The average Bonchev–Trinajstić information content (AvgIpc) is 2.45. The van der Waals surface area contributed by atoms with Crippen molar-refractivity contribution in [3.8, 4) is 5.75 Å². The highest BCUT2D eigenvalue weighted by atomic mass is 16.6. The van der Waals surface area contributed by atoms with E-state index in [1.54, 1.807) is 18.2 Å². The van der Waals surface area contributed by atoms with Gasteiger partial charge < -0.3 is 19.7 Å². The van der Waals surface area contributed by atoms with E-state index in [9.17, 15) is 9.59 Å². The number of carbonyl (C=O) groups is 2. The molecule has 0 radical (unpaired) electrons. The Hall–Kier alpha value is -2.18. The molecule has 1 atom stereocenters. The van der Waals surface area contributed by atoms with E-state index < -0.39 is 24.6 Å². The summed E-state index contributed by atoms with van der Waals surface area (Å²) < 4.78 is 9.24. The van der Waals surface area contributed by atoms with Gasteiger partial charge in [-0.15, -0.1) is 0 Å². The van der Waals surface area contributed by atoms with Crippen molar-refractivity contribution in [1.82, 2.24) is 0 Å². The van der Waals surface area contributed by atoms with Gasteiger partial charge in [0.1, 0.15) is 5.75 Å². The zero-order chi connectivity index (χ0) is 14.3. The van der Waals surface area contributed by atoms with Gasteiger partial charge in [0.05, 0.1) is 13.7 Å².